The van der Waals surface area contributed by atoms with Gasteiger partial charge in [0.1, 0.15) is 23.9 Å². The lowest BCUT2D eigenvalue weighted by Crippen LogP contribution is -2.79. The molecular weight excluding hydrogens is 528 g/mol. The number of fused-ring (bicyclic) bond motifs is 8. The molecule has 0 aromatic heterocycles. The lowest BCUT2D eigenvalue weighted by atomic mass is 9.45. The van der Waals surface area contributed by atoms with Crippen molar-refractivity contribution in [2.24, 2.45) is 16.7 Å². The van der Waals surface area contributed by atoms with Gasteiger partial charge in [-0.15, -0.1) is 0 Å². The summed E-state index contributed by atoms with van der Waals surface area (Å²) in [7, 11) is 0. The minimum Gasteiger partial charge on any atom is -0.455 e. The first-order chi connectivity index (χ1) is 19.1. The van der Waals surface area contributed by atoms with Crippen LogP contribution in [-0.4, -0.2) is 76.3 Å². The highest BCUT2D eigenvalue weighted by atomic mass is 16.8. The molecule has 0 radical (unpaired) electrons. The Bertz CT molecular complexity index is 1290. The summed E-state index contributed by atoms with van der Waals surface area (Å²) in [5, 5.41) is 24.5. The third-order valence-electron chi connectivity index (χ3n) is 10.8. The van der Waals surface area contributed by atoms with Gasteiger partial charge < -0.3 is 33.9 Å². The highest BCUT2D eigenvalue weighted by molar-refractivity contribution is 5.89. The quantitative estimate of drug-likeness (QED) is 0.414. The smallest absolute Gasteiger partial charge is 0.338 e. The molecule has 2 aliphatic heterocycles. The Morgan fingerprint density at radius 3 is 2.34 bits per heavy atom. The molecule has 1 aromatic carbocycles. The number of aliphatic hydroxyl groups excluding tert-OH is 1. The maximum atomic E-state index is 13.8. The van der Waals surface area contributed by atoms with E-state index in [2.05, 4.69) is 6.92 Å². The summed E-state index contributed by atoms with van der Waals surface area (Å²) in [5.41, 5.74) is -2.94. The first-order valence-corrected chi connectivity index (χ1v) is 14.6. The molecule has 1 aromatic rings. The average Bonchev–Trinajstić information content (AvgIpc) is 3.20. The Morgan fingerprint density at radius 2 is 1.73 bits per heavy atom. The van der Waals surface area contributed by atoms with E-state index < -0.39 is 76.2 Å². The van der Waals surface area contributed by atoms with E-state index in [1.54, 1.807) is 24.3 Å². The molecular formula is C32H42O9. The van der Waals surface area contributed by atoms with Crippen molar-refractivity contribution in [1.29, 1.82) is 0 Å². The first-order valence-electron chi connectivity index (χ1n) is 14.6. The van der Waals surface area contributed by atoms with Crippen LogP contribution in [0.1, 0.15) is 78.1 Å². The van der Waals surface area contributed by atoms with Gasteiger partial charge in [0, 0.05) is 24.2 Å². The molecule has 2 saturated carbocycles. The van der Waals surface area contributed by atoms with E-state index in [-0.39, 0.29) is 13.0 Å². The van der Waals surface area contributed by atoms with Crippen molar-refractivity contribution in [2.45, 2.75) is 115 Å². The van der Waals surface area contributed by atoms with Crippen LogP contribution in [-0.2, 0) is 28.5 Å². The molecule has 3 aliphatic carbocycles. The summed E-state index contributed by atoms with van der Waals surface area (Å²) in [6.45, 7) is 12.9. The van der Waals surface area contributed by atoms with Crippen molar-refractivity contribution in [3.63, 3.8) is 0 Å². The second-order valence-electron chi connectivity index (χ2n) is 13.9. The molecule has 9 atom stereocenters. The topological polar surface area (TPSA) is 121 Å². The molecule has 4 fully saturated rings. The van der Waals surface area contributed by atoms with Crippen molar-refractivity contribution in [1.82, 2.24) is 0 Å². The lowest BCUT2D eigenvalue weighted by molar-refractivity contribution is -0.346. The molecule has 9 heteroatoms. The molecule has 9 nitrogen and oxygen atoms in total. The SMILES string of the molecule is CC(=O)O[C@@]12CO[C@@H]1CC[C@@]1(C)[C@@H]3OC(C)(C)O[C@@H]3C3=C(C)[C@@H](O)C[C@@](O)([C@@H](OC(=O)c4ccccc4)[C@@H]12)C3(C)C. The summed E-state index contributed by atoms with van der Waals surface area (Å²) in [6.07, 6.45) is -2.66. The number of ether oxygens (including phenoxy) is 5. The predicted molar refractivity (Wildman–Crippen MR) is 147 cm³/mol. The first kappa shape index (κ1) is 28.8. The number of hydrogen-bond donors (Lipinski definition) is 2. The van der Waals surface area contributed by atoms with E-state index in [4.69, 9.17) is 23.7 Å². The highest BCUT2D eigenvalue weighted by Crippen LogP contribution is 2.67. The molecule has 0 amide bonds. The fraction of sp³-hybridized carbons (Fsp3) is 0.688. The number of aliphatic hydroxyl groups is 2. The van der Waals surface area contributed by atoms with Crippen LogP contribution in [0.5, 0.6) is 0 Å². The van der Waals surface area contributed by atoms with Crippen LogP contribution in [0.15, 0.2) is 41.5 Å². The van der Waals surface area contributed by atoms with Crippen LogP contribution in [0, 0.1) is 16.7 Å². The number of carbonyl (C=O) groups is 2. The van der Waals surface area contributed by atoms with Gasteiger partial charge >= 0.3 is 11.9 Å². The lowest BCUT2D eigenvalue weighted by Gasteiger charge is -2.68. The molecule has 5 aliphatic rings. The van der Waals surface area contributed by atoms with Gasteiger partial charge in [-0.2, -0.15) is 0 Å². The zero-order valence-corrected chi connectivity index (χ0v) is 24.9. The molecule has 224 valence electrons. The van der Waals surface area contributed by atoms with E-state index in [1.165, 1.54) is 6.92 Å². The van der Waals surface area contributed by atoms with Crippen LogP contribution in [0.25, 0.3) is 0 Å². The number of rotatable bonds is 3. The molecule has 0 spiro atoms. The maximum Gasteiger partial charge on any atom is 0.338 e. The van der Waals surface area contributed by atoms with Gasteiger partial charge in [-0.3, -0.25) is 4.79 Å². The summed E-state index contributed by atoms with van der Waals surface area (Å²) in [5.74, 6) is -2.79. The number of hydrogen-bond acceptors (Lipinski definition) is 9. The molecule has 41 heavy (non-hydrogen) atoms. The van der Waals surface area contributed by atoms with Gasteiger partial charge in [0.25, 0.3) is 0 Å². The zero-order valence-electron chi connectivity index (χ0n) is 24.9. The van der Waals surface area contributed by atoms with Crippen molar-refractivity contribution < 1.29 is 43.5 Å². The van der Waals surface area contributed by atoms with Crippen molar-refractivity contribution in [3.8, 4) is 0 Å². The summed E-state index contributed by atoms with van der Waals surface area (Å²) in [4.78, 5) is 26.5. The minimum absolute atomic E-state index is 0.0715. The van der Waals surface area contributed by atoms with Gasteiger partial charge in [-0.05, 0) is 56.9 Å². The van der Waals surface area contributed by atoms with E-state index >= 15 is 0 Å². The van der Waals surface area contributed by atoms with Crippen molar-refractivity contribution >= 4 is 11.9 Å². The Hall–Kier alpha value is -2.30. The average molecular weight is 571 g/mol. The third-order valence-corrected chi connectivity index (χ3v) is 10.8. The van der Waals surface area contributed by atoms with Crippen LogP contribution < -0.4 is 0 Å². The van der Waals surface area contributed by atoms with E-state index in [9.17, 15) is 19.8 Å². The van der Waals surface area contributed by atoms with Gasteiger partial charge in [0.05, 0.1) is 30.3 Å². The molecule has 2 N–H and O–H groups in total. The van der Waals surface area contributed by atoms with Crippen LogP contribution in [0.3, 0.4) is 0 Å². The summed E-state index contributed by atoms with van der Waals surface area (Å²) >= 11 is 0. The highest BCUT2D eigenvalue weighted by Gasteiger charge is 2.77. The summed E-state index contributed by atoms with van der Waals surface area (Å²) in [6, 6.07) is 8.63. The van der Waals surface area contributed by atoms with E-state index in [0.29, 0.717) is 18.4 Å². The van der Waals surface area contributed by atoms with Gasteiger partial charge in [0.15, 0.2) is 11.4 Å². The molecule has 2 saturated heterocycles. The van der Waals surface area contributed by atoms with Crippen LogP contribution >= 0.6 is 0 Å². The van der Waals surface area contributed by atoms with Gasteiger partial charge in [0.2, 0.25) is 0 Å². The maximum absolute atomic E-state index is 13.8. The zero-order chi connectivity index (χ0) is 29.8. The third kappa shape index (κ3) is 3.92. The molecule has 6 rings (SSSR count). The fourth-order valence-corrected chi connectivity index (χ4v) is 8.80. The Balaban J connectivity index is 1.63. The van der Waals surface area contributed by atoms with E-state index in [1.807, 2.05) is 40.7 Å². The Labute approximate surface area is 241 Å². The number of esters is 2. The standard InChI is InChI=1S/C32H42O9/c1-17-20(34)15-32(36)26(38-27(35)19-11-9-8-10-12-19)24-30(7,14-13-21-31(24,16-37-21)39-18(2)33)25-23(22(17)28(32,3)4)40-29(5,6)41-25/h8-12,20-21,23-26,34,36H,13-16H2,1-7H3/t20-,21+,23+,24-,25+,26-,30+,31-,32+/m0/s1. The minimum atomic E-state index is -1.76. The monoisotopic (exact) mass is 570 g/mol. The second kappa shape index (κ2) is 9.10. The van der Waals surface area contributed by atoms with Crippen LogP contribution in [0.4, 0.5) is 0 Å². The largest absolute Gasteiger partial charge is 0.455 e. The van der Waals surface area contributed by atoms with E-state index in [0.717, 1.165) is 11.1 Å². The number of benzene rings is 1. The molecule has 0 unspecified atom stereocenters. The summed E-state index contributed by atoms with van der Waals surface area (Å²) < 4.78 is 32.0. The molecule has 2 heterocycles. The molecule has 2 bridgehead atoms. The normalized spacial score (nSPS) is 43.8. The van der Waals surface area contributed by atoms with Crippen LogP contribution in [0.2, 0.25) is 0 Å². The van der Waals surface area contributed by atoms with Gasteiger partial charge in [-0.25, -0.2) is 4.79 Å². The second-order valence-corrected chi connectivity index (χ2v) is 13.9. The fourth-order valence-electron chi connectivity index (χ4n) is 8.80. The van der Waals surface area contributed by atoms with Gasteiger partial charge in [-0.1, -0.05) is 39.0 Å². The number of carbonyl (C=O) groups excluding carboxylic acids is 2. The van der Waals surface area contributed by atoms with Crippen molar-refractivity contribution in [3.05, 3.63) is 47.0 Å². The Morgan fingerprint density at radius 1 is 1.05 bits per heavy atom. The van der Waals surface area contributed by atoms with Crippen molar-refractivity contribution in [2.75, 3.05) is 6.61 Å². The predicted octanol–water partition coefficient (Wildman–Crippen LogP) is 3.70. The Kier molecular flexibility index (Phi) is 6.39.